The van der Waals surface area contributed by atoms with Gasteiger partial charge in [-0.1, -0.05) is 6.42 Å². The average Bonchev–Trinajstić information content (AvgIpc) is 2.96. The van der Waals surface area contributed by atoms with Crippen LogP contribution in [-0.4, -0.2) is 40.9 Å². The van der Waals surface area contributed by atoms with E-state index in [0.29, 0.717) is 29.2 Å². The van der Waals surface area contributed by atoms with Crippen LogP contribution in [0.25, 0.3) is 0 Å². The molecule has 0 amide bonds. The fourth-order valence-electron chi connectivity index (χ4n) is 3.78. The number of hydrogen-bond acceptors (Lipinski definition) is 4. The molecule has 116 valence electrons. The van der Waals surface area contributed by atoms with Gasteiger partial charge in [0.25, 0.3) is 0 Å². The predicted molar refractivity (Wildman–Crippen MR) is 77.3 cm³/mol. The quantitative estimate of drug-likeness (QED) is 0.822. The lowest BCUT2D eigenvalue weighted by atomic mass is 9.92. The van der Waals surface area contributed by atoms with E-state index in [2.05, 4.69) is 5.10 Å². The molecule has 0 spiro atoms. The molecule has 1 aliphatic carbocycles. The van der Waals surface area contributed by atoms with Crippen molar-refractivity contribution >= 4 is 15.8 Å². The van der Waals surface area contributed by atoms with Gasteiger partial charge in [0, 0.05) is 32.0 Å². The zero-order valence-corrected chi connectivity index (χ0v) is 13.5. The largest absolute Gasteiger partial charge is 0.299 e. The third-order valence-corrected chi connectivity index (χ3v) is 7.03. The van der Waals surface area contributed by atoms with Crippen LogP contribution in [0.4, 0.5) is 0 Å². The second kappa shape index (κ2) is 4.91. The minimum Gasteiger partial charge on any atom is -0.299 e. The third-order valence-electron chi connectivity index (χ3n) is 4.85. The first-order chi connectivity index (χ1) is 9.84. The van der Waals surface area contributed by atoms with Crippen LogP contribution in [-0.2, 0) is 21.9 Å². The van der Waals surface area contributed by atoms with Crippen LogP contribution < -0.4 is 0 Å². The van der Waals surface area contributed by atoms with Crippen molar-refractivity contribution in [1.29, 1.82) is 0 Å². The number of ketones is 1. The van der Waals surface area contributed by atoms with E-state index < -0.39 is 10.0 Å². The van der Waals surface area contributed by atoms with Gasteiger partial charge in [0.05, 0.1) is 11.4 Å². The Balaban J connectivity index is 2.04. The van der Waals surface area contributed by atoms with Gasteiger partial charge >= 0.3 is 0 Å². The number of nitrogens with zero attached hydrogens (tertiary/aromatic N) is 3. The molecule has 2 fully saturated rings. The van der Waals surface area contributed by atoms with E-state index in [-0.39, 0.29) is 17.7 Å². The SMILES string of the molecule is Cc1nn(C)c(C)c1S(=O)(=O)N1CCC(=O)[C@@H]2CCC[C@H]21. The molecule has 1 saturated heterocycles. The van der Waals surface area contributed by atoms with E-state index in [4.69, 9.17) is 0 Å². The van der Waals surface area contributed by atoms with E-state index in [1.807, 2.05) is 0 Å². The van der Waals surface area contributed by atoms with E-state index in [0.717, 1.165) is 19.3 Å². The first-order valence-corrected chi connectivity index (χ1v) is 8.83. The number of carbonyl (C=O) groups is 1. The molecule has 2 atom stereocenters. The highest BCUT2D eigenvalue weighted by Gasteiger charge is 2.46. The Labute approximate surface area is 125 Å². The van der Waals surface area contributed by atoms with Crippen LogP contribution in [0.15, 0.2) is 4.90 Å². The summed E-state index contributed by atoms with van der Waals surface area (Å²) in [6.45, 7) is 3.80. The van der Waals surface area contributed by atoms with Crippen molar-refractivity contribution in [2.75, 3.05) is 6.54 Å². The zero-order valence-electron chi connectivity index (χ0n) is 12.7. The molecule has 0 unspecified atom stereocenters. The van der Waals surface area contributed by atoms with Gasteiger partial charge in [-0.25, -0.2) is 8.42 Å². The van der Waals surface area contributed by atoms with Gasteiger partial charge < -0.3 is 0 Å². The lowest BCUT2D eigenvalue weighted by molar-refractivity contribution is -0.126. The number of aryl methyl sites for hydroxylation is 2. The minimum atomic E-state index is -3.58. The molecule has 1 aliphatic heterocycles. The summed E-state index contributed by atoms with van der Waals surface area (Å²) >= 11 is 0. The van der Waals surface area contributed by atoms with E-state index in [1.165, 1.54) is 0 Å². The summed E-state index contributed by atoms with van der Waals surface area (Å²) in [7, 11) is -1.83. The van der Waals surface area contributed by atoms with Crippen molar-refractivity contribution in [2.24, 2.45) is 13.0 Å². The number of rotatable bonds is 2. The van der Waals surface area contributed by atoms with Crippen LogP contribution in [0.3, 0.4) is 0 Å². The van der Waals surface area contributed by atoms with Crippen molar-refractivity contribution in [3.63, 3.8) is 0 Å². The van der Waals surface area contributed by atoms with Crippen molar-refractivity contribution in [3.8, 4) is 0 Å². The molecule has 7 heteroatoms. The normalized spacial score (nSPS) is 27.1. The summed E-state index contributed by atoms with van der Waals surface area (Å²) in [4.78, 5) is 12.3. The molecular weight excluding hydrogens is 290 g/mol. The highest BCUT2D eigenvalue weighted by atomic mass is 32.2. The first kappa shape index (κ1) is 14.7. The van der Waals surface area contributed by atoms with Crippen molar-refractivity contribution in [3.05, 3.63) is 11.4 Å². The van der Waals surface area contributed by atoms with Crippen LogP contribution in [0.2, 0.25) is 0 Å². The lowest BCUT2D eigenvalue weighted by Gasteiger charge is -2.35. The first-order valence-electron chi connectivity index (χ1n) is 7.39. The van der Waals surface area contributed by atoms with Crippen molar-refractivity contribution in [2.45, 2.75) is 50.5 Å². The fraction of sp³-hybridized carbons (Fsp3) is 0.714. The molecule has 0 N–H and O–H groups in total. The fourth-order valence-corrected chi connectivity index (χ4v) is 5.87. The van der Waals surface area contributed by atoms with Crippen molar-refractivity contribution < 1.29 is 13.2 Å². The highest BCUT2D eigenvalue weighted by molar-refractivity contribution is 7.89. The molecule has 3 rings (SSSR count). The number of aromatic nitrogens is 2. The molecule has 21 heavy (non-hydrogen) atoms. The smallest absolute Gasteiger partial charge is 0.247 e. The Morgan fingerprint density at radius 2 is 1.95 bits per heavy atom. The number of fused-ring (bicyclic) bond motifs is 1. The van der Waals surface area contributed by atoms with Crippen LogP contribution in [0.1, 0.15) is 37.1 Å². The topological polar surface area (TPSA) is 72.3 Å². The zero-order chi connectivity index (χ0) is 15.4. The summed E-state index contributed by atoms with van der Waals surface area (Å²) in [5.41, 5.74) is 1.18. The maximum absolute atomic E-state index is 13.1. The molecular formula is C14H21N3O3S. The Hall–Kier alpha value is -1.21. The highest BCUT2D eigenvalue weighted by Crippen LogP contribution is 2.38. The lowest BCUT2D eigenvalue weighted by Crippen LogP contribution is -2.49. The summed E-state index contributed by atoms with van der Waals surface area (Å²) < 4.78 is 29.3. The van der Waals surface area contributed by atoms with Gasteiger partial charge in [-0.05, 0) is 26.7 Å². The maximum Gasteiger partial charge on any atom is 0.247 e. The van der Waals surface area contributed by atoms with Gasteiger partial charge in [0.15, 0.2) is 0 Å². The third kappa shape index (κ3) is 2.14. The number of sulfonamides is 1. The molecule has 2 aliphatic rings. The van der Waals surface area contributed by atoms with E-state index in [9.17, 15) is 13.2 Å². The Morgan fingerprint density at radius 3 is 2.57 bits per heavy atom. The molecule has 0 aromatic carbocycles. The van der Waals surface area contributed by atoms with Gasteiger partial charge in [-0.2, -0.15) is 9.40 Å². The predicted octanol–water partition coefficient (Wildman–Crippen LogP) is 1.17. The summed E-state index contributed by atoms with van der Waals surface area (Å²) in [6.07, 6.45) is 2.87. The molecule has 1 aromatic heterocycles. The maximum atomic E-state index is 13.1. The van der Waals surface area contributed by atoms with Crippen LogP contribution >= 0.6 is 0 Å². The molecule has 0 bridgehead atoms. The van der Waals surface area contributed by atoms with Gasteiger partial charge in [-0.15, -0.1) is 0 Å². The van der Waals surface area contributed by atoms with Crippen LogP contribution in [0.5, 0.6) is 0 Å². The molecule has 0 radical (unpaired) electrons. The average molecular weight is 311 g/mol. The number of piperidine rings is 1. The van der Waals surface area contributed by atoms with Gasteiger partial charge in [0.1, 0.15) is 10.7 Å². The monoisotopic (exact) mass is 311 g/mol. The molecule has 6 nitrogen and oxygen atoms in total. The van der Waals surface area contributed by atoms with Gasteiger partial charge in [0.2, 0.25) is 10.0 Å². The van der Waals surface area contributed by atoms with E-state index in [1.54, 1.807) is 29.9 Å². The number of Topliss-reactive ketones (excluding diaryl/α,β-unsaturated/α-hetero) is 1. The second-order valence-electron chi connectivity index (χ2n) is 6.06. The Morgan fingerprint density at radius 1 is 1.24 bits per heavy atom. The summed E-state index contributed by atoms with van der Waals surface area (Å²) in [5.74, 6) is 0.120. The standard InChI is InChI=1S/C14H21N3O3S/c1-9-14(10(2)16(3)15-9)21(19,20)17-8-7-13(18)11-5-4-6-12(11)17/h11-12H,4-8H2,1-3H3/t11-,12-/m1/s1. The van der Waals surface area contributed by atoms with Gasteiger partial charge in [-0.3, -0.25) is 9.48 Å². The molecule has 1 saturated carbocycles. The Bertz CT molecular complexity index is 693. The molecule has 2 heterocycles. The molecule has 1 aromatic rings. The van der Waals surface area contributed by atoms with Crippen LogP contribution in [0, 0.1) is 19.8 Å². The minimum absolute atomic E-state index is 0.106. The second-order valence-corrected chi connectivity index (χ2v) is 7.89. The summed E-state index contributed by atoms with van der Waals surface area (Å²) in [6, 6.07) is -0.157. The number of carbonyl (C=O) groups excluding carboxylic acids is 1. The van der Waals surface area contributed by atoms with Crippen molar-refractivity contribution in [1.82, 2.24) is 14.1 Å². The Kier molecular flexibility index (Phi) is 3.44. The van der Waals surface area contributed by atoms with E-state index >= 15 is 0 Å². The number of hydrogen-bond donors (Lipinski definition) is 0. The summed E-state index contributed by atoms with van der Waals surface area (Å²) in [5, 5.41) is 4.22.